The van der Waals surface area contributed by atoms with Gasteiger partial charge in [0.2, 0.25) is 0 Å². The van der Waals surface area contributed by atoms with Gasteiger partial charge in [-0.05, 0) is 6.92 Å². The van der Waals surface area contributed by atoms with Crippen LogP contribution in [0.1, 0.15) is 6.92 Å². The Morgan fingerprint density at radius 2 is 1.80 bits per heavy atom. The molecule has 0 radical (unpaired) electrons. The van der Waals surface area contributed by atoms with Crippen molar-refractivity contribution < 1.29 is 22.2 Å². The van der Waals surface area contributed by atoms with Crippen molar-refractivity contribution in [2.45, 2.75) is 12.4 Å². The summed E-state index contributed by atoms with van der Waals surface area (Å²) in [7, 11) is 0. The van der Waals surface area contributed by atoms with Crippen LogP contribution >= 0.6 is 12.6 Å². The fourth-order valence-corrected chi connectivity index (χ4v) is 0. The summed E-state index contributed by atoms with van der Waals surface area (Å²) in [6.07, 6.45) is 0. The first-order valence-corrected chi connectivity index (χ1v) is 1.61. The normalized spacial score (nSPS) is 12.6. The van der Waals surface area contributed by atoms with E-state index in [-0.39, 0.29) is 17.1 Å². The predicted octanol–water partition coefficient (Wildman–Crippen LogP) is 0.252. The van der Waals surface area contributed by atoms with Crippen molar-refractivity contribution in [2.75, 3.05) is 0 Å². The van der Waals surface area contributed by atoms with Gasteiger partial charge in [-0.1, -0.05) is 0 Å². The van der Waals surface area contributed by atoms with Crippen molar-refractivity contribution in [1.82, 2.24) is 0 Å². The molecule has 0 aromatic carbocycles. The van der Waals surface area contributed by atoms with Crippen LogP contribution in [0.4, 0.5) is 0 Å². The van der Waals surface area contributed by atoms with Gasteiger partial charge >= 0.3 is 0 Å². The molecular weight excluding hydrogens is 128 g/mol. The molecule has 0 aliphatic rings. The second-order valence-electron chi connectivity index (χ2n) is 0.632. The van der Waals surface area contributed by atoms with Gasteiger partial charge in [0, 0.05) is 17.1 Å². The summed E-state index contributed by atoms with van der Waals surface area (Å²) in [5, 5.41) is 7.92. The third kappa shape index (κ3) is 56.2. The smallest absolute Gasteiger partial charge is 0.0936 e. The van der Waals surface area contributed by atoms with E-state index in [1.54, 1.807) is 6.92 Å². The van der Waals surface area contributed by atoms with Crippen molar-refractivity contribution in [3.63, 3.8) is 0 Å². The fourth-order valence-electron chi connectivity index (χ4n) is 0. The molecule has 3 heteroatoms. The van der Waals surface area contributed by atoms with Crippen LogP contribution in [0, 0.1) is 0 Å². The number of rotatable bonds is 0. The molecule has 1 atom stereocenters. The molecule has 1 unspecified atom stereocenters. The van der Waals surface area contributed by atoms with E-state index in [1.165, 1.54) is 0 Å². The third-order valence-corrected chi connectivity index (χ3v) is 0. The van der Waals surface area contributed by atoms with Crippen molar-refractivity contribution in [2.24, 2.45) is 0 Å². The average molecular weight is 134 g/mol. The van der Waals surface area contributed by atoms with E-state index < -0.39 is 5.44 Å². The van der Waals surface area contributed by atoms with Crippen molar-refractivity contribution in [1.29, 1.82) is 0 Å². The number of hydrogen-bond acceptors (Lipinski definition) is 2. The summed E-state index contributed by atoms with van der Waals surface area (Å²) < 4.78 is 0. The van der Waals surface area contributed by atoms with E-state index in [9.17, 15) is 0 Å². The van der Waals surface area contributed by atoms with Gasteiger partial charge in [-0.15, -0.1) is 12.6 Å². The minimum atomic E-state index is -0.472. The first kappa shape index (κ1) is 9.27. The monoisotopic (exact) mass is 134 g/mol. The van der Waals surface area contributed by atoms with E-state index in [2.05, 4.69) is 12.6 Å². The quantitative estimate of drug-likeness (QED) is 0.276. The van der Waals surface area contributed by atoms with E-state index >= 15 is 0 Å². The molecule has 0 amide bonds. The van der Waals surface area contributed by atoms with Crippen LogP contribution in [-0.2, 0) is 17.1 Å². The molecule has 5 heavy (non-hydrogen) atoms. The minimum Gasteiger partial charge on any atom is -0.383 e. The second kappa shape index (κ2) is 4.83. The van der Waals surface area contributed by atoms with Gasteiger partial charge in [0.15, 0.2) is 0 Å². The Hall–Kier alpha value is 0.829. The zero-order valence-corrected chi connectivity index (χ0v) is 4.82. The van der Waals surface area contributed by atoms with Crippen molar-refractivity contribution >= 4 is 12.6 Å². The van der Waals surface area contributed by atoms with Crippen LogP contribution < -0.4 is 0 Å². The van der Waals surface area contributed by atoms with E-state index in [0.29, 0.717) is 0 Å². The van der Waals surface area contributed by atoms with Gasteiger partial charge in [-0.3, -0.25) is 0 Å². The van der Waals surface area contributed by atoms with Crippen LogP contribution in [0.25, 0.3) is 0 Å². The molecule has 0 aromatic heterocycles. The molecule has 0 aliphatic heterocycles. The molecule has 0 saturated heterocycles. The van der Waals surface area contributed by atoms with Crippen LogP contribution in [0.15, 0.2) is 0 Å². The Morgan fingerprint density at radius 3 is 1.80 bits per heavy atom. The Balaban J connectivity index is 0. The minimum absolute atomic E-state index is 0. The zero-order chi connectivity index (χ0) is 3.58. The van der Waals surface area contributed by atoms with Gasteiger partial charge in [-0.25, -0.2) is 0 Å². The molecule has 1 N–H and O–H groups in total. The van der Waals surface area contributed by atoms with E-state index in [0.717, 1.165) is 0 Å². The predicted molar refractivity (Wildman–Crippen MR) is 20.7 cm³/mol. The first-order chi connectivity index (χ1) is 1.73. The Bertz CT molecular complexity index is 14.4. The molecule has 0 bridgehead atoms. The maximum absolute atomic E-state index is 7.92. The third-order valence-electron chi connectivity index (χ3n) is 0. The van der Waals surface area contributed by atoms with Gasteiger partial charge in [0.05, 0.1) is 5.44 Å². The van der Waals surface area contributed by atoms with Crippen LogP contribution in [0.3, 0.4) is 0 Å². The molecule has 1 nitrogen and oxygen atoms in total. The van der Waals surface area contributed by atoms with E-state index in [1.807, 2.05) is 0 Å². The standard InChI is InChI=1S/C2H6OS.Fe/c1-2(3)4;/h2-4H,1H3;. The number of aliphatic hydroxyl groups is 1. The maximum atomic E-state index is 7.92. The van der Waals surface area contributed by atoms with Gasteiger partial charge < -0.3 is 5.11 Å². The van der Waals surface area contributed by atoms with Crippen molar-refractivity contribution in [3.05, 3.63) is 0 Å². The molecule has 0 saturated carbocycles. The SMILES string of the molecule is CC(O)S.[Fe]. The molecule has 34 valence electrons. The first-order valence-electron chi connectivity index (χ1n) is 1.09. The zero-order valence-electron chi connectivity index (χ0n) is 2.83. The summed E-state index contributed by atoms with van der Waals surface area (Å²) in [6, 6.07) is 0. The summed E-state index contributed by atoms with van der Waals surface area (Å²) >= 11 is 3.52. The molecular formula is C2H6FeOS. The largest absolute Gasteiger partial charge is 0.383 e. The molecule has 0 spiro atoms. The number of thiol groups is 1. The van der Waals surface area contributed by atoms with Crippen molar-refractivity contribution in [3.8, 4) is 0 Å². The van der Waals surface area contributed by atoms with Gasteiger partial charge in [-0.2, -0.15) is 0 Å². The van der Waals surface area contributed by atoms with Crippen LogP contribution in [0.5, 0.6) is 0 Å². The average Bonchev–Trinajstić information content (AvgIpc) is 0.811. The molecule has 0 fully saturated rings. The Labute approximate surface area is 47.6 Å². The molecule has 0 aliphatic carbocycles. The molecule has 0 heterocycles. The van der Waals surface area contributed by atoms with Gasteiger partial charge in [0.1, 0.15) is 0 Å². The number of aliphatic hydroxyl groups excluding tert-OH is 1. The van der Waals surface area contributed by atoms with Crippen LogP contribution in [0.2, 0.25) is 0 Å². The number of hydrogen-bond donors (Lipinski definition) is 2. The Morgan fingerprint density at radius 1 is 1.80 bits per heavy atom. The van der Waals surface area contributed by atoms with E-state index in [4.69, 9.17) is 5.11 Å². The topological polar surface area (TPSA) is 20.2 Å². The fraction of sp³-hybridized carbons (Fsp3) is 1.00. The summed E-state index contributed by atoms with van der Waals surface area (Å²) in [5.41, 5.74) is -0.472. The summed E-state index contributed by atoms with van der Waals surface area (Å²) in [4.78, 5) is 0. The van der Waals surface area contributed by atoms with Gasteiger partial charge in [0.25, 0.3) is 0 Å². The molecule has 0 rings (SSSR count). The summed E-state index contributed by atoms with van der Waals surface area (Å²) in [5.74, 6) is 0. The Kier molecular flexibility index (Phi) is 8.96. The van der Waals surface area contributed by atoms with Crippen LogP contribution in [-0.4, -0.2) is 10.5 Å². The molecule has 0 aromatic rings. The maximum Gasteiger partial charge on any atom is 0.0936 e. The second-order valence-corrected chi connectivity index (χ2v) is 1.38. The summed E-state index contributed by atoms with van der Waals surface area (Å²) in [6.45, 7) is 1.59.